The lowest BCUT2D eigenvalue weighted by Crippen LogP contribution is -2.49. The highest BCUT2D eigenvalue weighted by Gasteiger charge is 2.28. The Morgan fingerprint density at radius 2 is 1.90 bits per heavy atom. The average molecular weight is 303 g/mol. The fourth-order valence-electron chi connectivity index (χ4n) is 2.09. The van der Waals surface area contributed by atoms with Crippen LogP contribution in [0.2, 0.25) is 0 Å². The van der Waals surface area contributed by atoms with Gasteiger partial charge in [0.15, 0.2) is 0 Å². The molecular weight excluding hydrogens is 286 g/mol. The molecule has 0 amide bonds. The molecule has 9 nitrogen and oxygen atoms in total. The molecule has 1 N–H and O–H groups in total. The minimum atomic E-state index is -3.18. The summed E-state index contributed by atoms with van der Waals surface area (Å²) in [5.41, 5.74) is 0. The molecular formula is C10H17N5O4S. The molecule has 2 rings (SSSR count). The third kappa shape index (κ3) is 2.75. The van der Waals surface area contributed by atoms with E-state index in [1.54, 1.807) is 14.0 Å². The Labute approximate surface area is 116 Å². The number of hydrogen-bond acceptors (Lipinski definition) is 6. The van der Waals surface area contributed by atoms with Gasteiger partial charge in [0, 0.05) is 33.2 Å². The number of hydrogen-bond donors (Lipinski definition) is 1. The minimum absolute atomic E-state index is 0.0835. The summed E-state index contributed by atoms with van der Waals surface area (Å²) >= 11 is 0. The van der Waals surface area contributed by atoms with Crippen molar-refractivity contribution in [3.05, 3.63) is 5.82 Å². The number of aromatic carboxylic acids is 1. The maximum atomic E-state index is 11.8. The number of sulfonamides is 1. The average Bonchev–Trinajstić information content (AvgIpc) is 2.81. The first-order valence-corrected chi connectivity index (χ1v) is 7.83. The molecule has 0 radical (unpaired) electrons. The van der Waals surface area contributed by atoms with Crippen LogP contribution >= 0.6 is 0 Å². The molecule has 1 aliphatic rings. The van der Waals surface area contributed by atoms with Crippen LogP contribution in [-0.2, 0) is 17.1 Å². The molecule has 0 unspecified atom stereocenters. The first kappa shape index (κ1) is 14.7. The van der Waals surface area contributed by atoms with Gasteiger partial charge in [0.05, 0.1) is 5.75 Å². The molecule has 0 saturated carbocycles. The van der Waals surface area contributed by atoms with Gasteiger partial charge in [0.1, 0.15) is 0 Å². The Balaban J connectivity index is 2.10. The number of aryl methyl sites for hydroxylation is 1. The molecule has 1 saturated heterocycles. The number of piperazine rings is 1. The predicted octanol–water partition coefficient (Wildman–Crippen LogP) is -1.01. The van der Waals surface area contributed by atoms with Gasteiger partial charge in [-0.15, -0.1) is 5.10 Å². The van der Waals surface area contributed by atoms with Gasteiger partial charge in [-0.25, -0.2) is 17.9 Å². The molecule has 0 bridgehead atoms. The second kappa shape index (κ2) is 5.37. The summed E-state index contributed by atoms with van der Waals surface area (Å²) in [5.74, 6) is -0.916. The highest BCUT2D eigenvalue weighted by Crippen LogP contribution is 2.15. The third-order valence-corrected chi connectivity index (χ3v) is 5.09. The van der Waals surface area contributed by atoms with E-state index in [1.807, 2.05) is 4.90 Å². The van der Waals surface area contributed by atoms with Gasteiger partial charge >= 0.3 is 5.97 Å². The summed E-state index contributed by atoms with van der Waals surface area (Å²) in [6, 6.07) is 0. The summed E-state index contributed by atoms with van der Waals surface area (Å²) in [5, 5.41) is 12.7. The monoisotopic (exact) mass is 303 g/mol. The van der Waals surface area contributed by atoms with Crippen LogP contribution in [0, 0.1) is 0 Å². The van der Waals surface area contributed by atoms with Crippen LogP contribution in [0.15, 0.2) is 0 Å². The van der Waals surface area contributed by atoms with Crippen molar-refractivity contribution in [2.75, 3.05) is 36.8 Å². The Morgan fingerprint density at radius 1 is 1.30 bits per heavy atom. The van der Waals surface area contributed by atoms with Crippen molar-refractivity contribution in [3.63, 3.8) is 0 Å². The van der Waals surface area contributed by atoms with Gasteiger partial charge in [-0.05, 0) is 6.92 Å². The second-order valence-electron chi connectivity index (χ2n) is 4.45. The molecule has 2 heterocycles. The maximum Gasteiger partial charge on any atom is 0.375 e. The summed E-state index contributed by atoms with van der Waals surface area (Å²) in [7, 11) is -1.56. The van der Waals surface area contributed by atoms with Crippen molar-refractivity contribution < 1.29 is 18.3 Å². The molecule has 1 fully saturated rings. The SMILES string of the molecule is CCS(=O)(=O)N1CCN(c2nc(C(=O)O)nn2C)CC1. The van der Waals surface area contributed by atoms with Crippen molar-refractivity contribution in [1.29, 1.82) is 0 Å². The minimum Gasteiger partial charge on any atom is -0.475 e. The number of rotatable bonds is 4. The number of anilines is 1. The van der Waals surface area contributed by atoms with Crippen LogP contribution in [0.1, 0.15) is 17.5 Å². The molecule has 0 aromatic carbocycles. The lowest BCUT2D eigenvalue weighted by Gasteiger charge is -2.33. The van der Waals surface area contributed by atoms with Gasteiger partial charge in [0.2, 0.25) is 16.0 Å². The predicted molar refractivity (Wildman–Crippen MR) is 71.2 cm³/mol. The highest BCUT2D eigenvalue weighted by molar-refractivity contribution is 7.89. The van der Waals surface area contributed by atoms with Gasteiger partial charge in [-0.1, -0.05) is 0 Å². The van der Waals surface area contributed by atoms with E-state index in [2.05, 4.69) is 10.1 Å². The van der Waals surface area contributed by atoms with Crippen LogP contribution in [-0.4, -0.2) is 70.5 Å². The summed E-state index contributed by atoms with van der Waals surface area (Å²) in [4.78, 5) is 16.6. The molecule has 1 aromatic rings. The van der Waals surface area contributed by atoms with E-state index in [0.717, 1.165) is 0 Å². The Bertz CT molecular complexity index is 603. The molecule has 0 aliphatic carbocycles. The first-order chi connectivity index (χ1) is 9.35. The Kier molecular flexibility index (Phi) is 3.95. The Morgan fingerprint density at radius 3 is 2.35 bits per heavy atom. The number of carbonyl (C=O) groups is 1. The van der Waals surface area contributed by atoms with E-state index >= 15 is 0 Å². The Hall–Kier alpha value is -1.68. The van der Waals surface area contributed by atoms with E-state index in [1.165, 1.54) is 8.99 Å². The fourth-order valence-corrected chi connectivity index (χ4v) is 3.18. The van der Waals surface area contributed by atoms with Crippen LogP contribution < -0.4 is 4.90 Å². The lowest BCUT2D eigenvalue weighted by atomic mass is 10.4. The molecule has 112 valence electrons. The van der Waals surface area contributed by atoms with Gasteiger partial charge < -0.3 is 10.0 Å². The van der Waals surface area contributed by atoms with Crippen LogP contribution in [0.25, 0.3) is 0 Å². The largest absolute Gasteiger partial charge is 0.475 e. The lowest BCUT2D eigenvalue weighted by molar-refractivity contribution is 0.0683. The molecule has 0 atom stereocenters. The maximum absolute atomic E-state index is 11.8. The van der Waals surface area contributed by atoms with Crippen molar-refractivity contribution >= 4 is 21.9 Å². The normalized spacial score (nSPS) is 17.4. The summed E-state index contributed by atoms with van der Waals surface area (Å²) in [6.45, 7) is 3.27. The van der Waals surface area contributed by atoms with Crippen molar-refractivity contribution in [2.45, 2.75) is 6.92 Å². The molecule has 0 spiro atoms. The standard InChI is InChI=1S/C10H17N5O4S/c1-3-20(18,19)15-6-4-14(5-7-15)10-11-8(9(16)17)12-13(10)2/h3-7H2,1-2H3,(H,16,17). The molecule has 10 heteroatoms. The smallest absolute Gasteiger partial charge is 0.375 e. The third-order valence-electron chi connectivity index (χ3n) is 3.21. The quantitative estimate of drug-likeness (QED) is 0.758. The van der Waals surface area contributed by atoms with Crippen molar-refractivity contribution in [2.24, 2.45) is 7.05 Å². The molecule has 20 heavy (non-hydrogen) atoms. The van der Waals surface area contributed by atoms with E-state index < -0.39 is 16.0 Å². The van der Waals surface area contributed by atoms with Crippen molar-refractivity contribution in [1.82, 2.24) is 19.1 Å². The van der Waals surface area contributed by atoms with Gasteiger partial charge in [-0.3, -0.25) is 0 Å². The first-order valence-electron chi connectivity index (χ1n) is 6.22. The second-order valence-corrected chi connectivity index (χ2v) is 6.71. The number of carboxylic acid groups (broad SMARTS) is 1. The fraction of sp³-hybridized carbons (Fsp3) is 0.700. The highest BCUT2D eigenvalue weighted by atomic mass is 32.2. The zero-order chi connectivity index (χ0) is 14.9. The van der Waals surface area contributed by atoms with E-state index in [0.29, 0.717) is 32.1 Å². The number of aromatic nitrogens is 3. The summed E-state index contributed by atoms with van der Waals surface area (Å²) in [6.07, 6.45) is 0. The van der Waals surface area contributed by atoms with E-state index in [9.17, 15) is 13.2 Å². The van der Waals surface area contributed by atoms with Crippen molar-refractivity contribution in [3.8, 4) is 0 Å². The topological polar surface area (TPSA) is 109 Å². The zero-order valence-corrected chi connectivity index (χ0v) is 12.2. The van der Waals surface area contributed by atoms with Gasteiger partial charge in [0.25, 0.3) is 5.82 Å². The van der Waals surface area contributed by atoms with E-state index in [-0.39, 0.29) is 11.6 Å². The molecule has 1 aliphatic heterocycles. The summed E-state index contributed by atoms with van der Waals surface area (Å²) < 4.78 is 26.3. The zero-order valence-electron chi connectivity index (χ0n) is 11.4. The van der Waals surface area contributed by atoms with Crippen LogP contribution in [0.3, 0.4) is 0 Å². The van der Waals surface area contributed by atoms with Crippen LogP contribution in [0.4, 0.5) is 5.95 Å². The molecule has 1 aromatic heterocycles. The van der Waals surface area contributed by atoms with Gasteiger partial charge in [-0.2, -0.15) is 9.29 Å². The van der Waals surface area contributed by atoms with Crippen LogP contribution in [0.5, 0.6) is 0 Å². The number of nitrogens with zero attached hydrogens (tertiary/aromatic N) is 5. The number of carboxylic acids is 1. The van der Waals surface area contributed by atoms with E-state index in [4.69, 9.17) is 5.11 Å².